The summed E-state index contributed by atoms with van der Waals surface area (Å²) in [5, 5.41) is 0.753. The number of alkyl halides is 3. The number of nitrogens with zero attached hydrogens (tertiary/aromatic N) is 3. The van der Waals surface area contributed by atoms with Gasteiger partial charge in [-0.1, -0.05) is 12.5 Å². The number of fused-ring (bicyclic) bond motifs is 1. The van der Waals surface area contributed by atoms with Crippen LogP contribution in [0.3, 0.4) is 0 Å². The summed E-state index contributed by atoms with van der Waals surface area (Å²) in [6, 6.07) is 7.74. The molecule has 4 nitrogen and oxygen atoms in total. The molecule has 2 aliphatic heterocycles. The molecule has 2 aliphatic rings. The van der Waals surface area contributed by atoms with Crippen LogP contribution in [-0.2, 0) is 6.54 Å². The first-order valence-corrected chi connectivity index (χ1v) is 10.6. The van der Waals surface area contributed by atoms with Crippen molar-refractivity contribution in [3.05, 3.63) is 30.5 Å². The molecule has 0 spiro atoms. The van der Waals surface area contributed by atoms with Crippen molar-refractivity contribution in [2.75, 3.05) is 33.2 Å². The van der Waals surface area contributed by atoms with E-state index in [0.717, 1.165) is 37.9 Å². The molecule has 0 bridgehead atoms. The van der Waals surface area contributed by atoms with Crippen LogP contribution < -0.4 is 4.74 Å². The highest BCUT2D eigenvalue weighted by Crippen LogP contribution is 2.31. The highest BCUT2D eigenvalue weighted by molar-refractivity contribution is 5.86. The Morgan fingerprint density at radius 1 is 1.03 bits per heavy atom. The Labute approximate surface area is 170 Å². The molecular weight excluding hydrogens is 379 g/mol. The van der Waals surface area contributed by atoms with E-state index in [2.05, 4.69) is 16.8 Å². The van der Waals surface area contributed by atoms with Gasteiger partial charge in [0.2, 0.25) is 0 Å². The maximum atomic E-state index is 12.8. The number of likely N-dealkylation sites (N-methyl/N-ethyl adjacent to an activating group) is 1. The first kappa shape index (κ1) is 20.5. The number of likely N-dealkylation sites (tertiary alicyclic amines) is 2. The van der Waals surface area contributed by atoms with E-state index in [4.69, 9.17) is 4.74 Å². The molecule has 1 atom stereocenters. The van der Waals surface area contributed by atoms with E-state index in [-0.39, 0.29) is 6.10 Å². The highest BCUT2D eigenvalue weighted by atomic mass is 19.4. The van der Waals surface area contributed by atoms with E-state index >= 15 is 0 Å². The van der Waals surface area contributed by atoms with Gasteiger partial charge >= 0.3 is 6.18 Å². The van der Waals surface area contributed by atoms with Crippen molar-refractivity contribution in [3.8, 4) is 5.75 Å². The zero-order valence-electron chi connectivity index (χ0n) is 17.0. The summed E-state index contributed by atoms with van der Waals surface area (Å²) in [7, 11) is 2.23. The summed E-state index contributed by atoms with van der Waals surface area (Å²) in [5.41, 5.74) is 0.567. The van der Waals surface area contributed by atoms with Gasteiger partial charge < -0.3 is 19.1 Å². The van der Waals surface area contributed by atoms with Crippen LogP contribution in [0.15, 0.2) is 30.5 Å². The van der Waals surface area contributed by atoms with Gasteiger partial charge in [0.25, 0.3) is 0 Å². The van der Waals surface area contributed by atoms with Crippen molar-refractivity contribution >= 4 is 10.9 Å². The molecule has 7 heteroatoms. The molecule has 1 unspecified atom stereocenters. The second kappa shape index (κ2) is 8.56. The largest absolute Gasteiger partial charge is 0.490 e. The van der Waals surface area contributed by atoms with Gasteiger partial charge in [0, 0.05) is 37.3 Å². The predicted octanol–water partition coefficient (Wildman–Crippen LogP) is 4.53. The summed E-state index contributed by atoms with van der Waals surface area (Å²) in [4.78, 5) is 5.02. The van der Waals surface area contributed by atoms with Crippen LogP contribution in [0.2, 0.25) is 0 Å². The lowest BCUT2D eigenvalue weighted by Gasteiger charge is -2.39. The standard InChI is InChI=1S/C22H30F3N3O/c1-26-11-3-2-5-17(26)15-27-12-8-18(9-13-27)29-21-7-4-6-20-19(21)10-14-28(20)16-22(23,24)25/h4,6-7,10,14,17-18H,2-3,5,8-9,11-13,15-16H2,1H3. The smallest absolute Gasteiger partial charge is 0.406 e. The van der Waals surface area contributed by atoms with E-state index in [1.54, 1.807) is 18.2 Å². The fourth-order valence-electron chi connectivity index (χ4n) is 4.69. The van der Waals surface area contributed by atoms with Crippen LogP contribution in [0.1, 0.15) is 32.1 Å². The average molecular weight is 409 g/mol. The third-order valence-corrected chi connectivity index (χ3v) is 6.34. The zero-order chi connectivity index (χ0) is 20.4. The minimum Gasteiger partial charge on any atom is -0.490 e. The second-order valence-corrected chi connectivity index (χ2v) is 8.50. The van der Waals surface area contributed by atoms with Crippen LogP contribution in [0.5, 0.6) is 5.75 Å². The summed E-state index contributed by atoms with van der Waals surface area (Å²) in [6.45, 7) is 3.37. The third kappa shape index (κ3) is 5.07. The number of ether oxygens (including phenoxy) is 1. The molecule has 0 amide bonds. The molecule has 3 heterocycles. The lowest BCUT2D eigenvalue weighted by Crippen LogP contribution is -2.48. The molecule has 0 N–H and O–H groups in total. The summed E-state index contributed by atoms with van der Waals surface area (Å²) >= 11 is 0. The van der Waals surface area contributed by atoms with Gasteiger partial charge in [-0.2, -0.15) is 13.2 Å². The Morgan fingerprint density at radius 2 is 1.83 bits per heavy atom. The monoisotopic (exact) mass is 409 g/mol. The highest BCUT2D eigenvalue weighted by Gasteiger charge is 2.29. The fraction of sp³-hybridized carbons (Fsp3) is 0.636. The maximum Gasteiger partial charge on any atom is 0.406 e. The first-order chi connectivity index (χ1) is 13.9. The Morgan fingerprint density at radius 3 is 2.55 bits per heavy atom. The molecule has 29 heavy (non-hydrogen) atoms. The van der Waals surface area contributed by atoms with E-state index in [9.17, 15) is 13.2 Å². The molecule has 1 aromatic heterocycles. The number of halogens is 3. The number of hydrogen-bond acceptors (Lipinski definition) is 3. The van der Waals surface area contributed by atoms with E-state index in [0.29, 0.717) is 17.3 Å². The molecule has 0 radical (unpaired) electrons. The second-order valence-electron chi connectivity index (χ2n) is 8.50. The van der Waals surface area contributed by atoms with Gasteiger partial charge in [0.05, 0.1) is 5.52 Å². The molecular formula is C22H30F3N3O. The van der Waals surface area contributed by atoms with E-state index in [1.807, 2.05) is 6.07 Å². The minimum absolute atomic E-state index is 0.118. The Balaban J connectivity index is 1.35. The topological polar surface area (TPSA) is 20.6 Å². The van der Waals surface area contributed by atoms with E-state index in [1.165, 1.54) is 36.6 Å². The van der Waals surface area contributed by atoms with Gasteiger partial charge in [-0.05, 0) is 57.5 Å². The van der Waals surface area contributed by atoms with Crippen molar-refractivity contribution in [3.63, 3.8) is 0 Å². The fourth-order valence-corrected chi connectivity index (χ4v) is 4.69. The van der Waals surface area contributed by atoms with Gasteiger partial charge in [0.15, 0.2) is 0 Å². The molecule has 2 saturated heterocycles. The maximum absolute atomic E-state index is 12.8. The number of aromatic nitrogens is 1. The Hall–Kier alpha value is -1.73. The van der Waals surface area contributed by atoms with Crippen LogP contribution in [-0.4, -0.2) is 65.9 Å². The van der Waals surface area contributed by atoms with Crippen molar-refractivity contribution < 1.29 is 17.9 Å². The molecule has 2 aromatic rings. The minimum atomic E-state index is -4.23. The van der Waals surface area contributed by atoms with Crippen molar-refractivity contribution in [1.29, 1.82) is 0 Å². The van der Waals surface area contributed by atoms with Crippen LogP contribution in [0.4, 0.5) is 13.2 Å². The van der Waals surface area contributed by atoms with Gasteiger partial charge in [-0.15, -0.1) is 0 Å². The van der Waals surface area contributed by atoms with Gasteiger partial charge in [0.1, 0.15) is 18.4 Å². The zero-order valence-corrected chi connectivity index (χ0v) is 17.0. The third-order valence-electron chi connectivity index (χ3n) is 6.34. The van der Waals surface area contributed by atoms with Crippen LogP contribution in [0.25, 0.3) is 10.9 Å². The van der Waals surface area contributed by atoms with Gasteiger partial charge in [-0.25, -0.2) is 0 Å². The van der Waals surface area contributed by atoms with Crippen molar-refractivity contribution in [2.24, 2.45) is 0 Å². The molecule has 4 rings (SSSR count). The quantitative estimate of drug-likeness (QED) is 0.724. The molecule has 0 saturated carbocycles. The molecule has 0 aliphatic carbocycles. The molecule has 2 fully saturated rings. The van der Waals surface area contributed by atoms with Crippen LogP contribution in [0, 0.1) is 0 Å². The SMILES string of the molecule is CN1CCCCC1CN1CCC(Oc2cccc3c2ccn3CC(F)(F)F)CC1. The average Bonchev–Trinajstić information content (AvgIpc) is 3.07. The summed E-state index contributed by atoms with van der Waals surface area (Å²) in [6.07, 6.45) is 3.20. The summed E-state index contributed by atoms with van der Waals surface area (Å²) in [5.74, 6) is 0.689. The normalized spacial score (nSPS) is 23.0. The Bertz CT molecular complexity index is 811. The number of benzene rings is 1. The van der Waals surface area contributed by atoms with E-state index < -0.39 is 12.7 Å². The van der Waals surface area contributed by atoms with Crippen LogP contribution >= 0.6 is 0 Å². The molecule has 160 valence electrons. The number of rotatable bonds is 5. The van der Waals surface area contributed by atoms with Crippen molar-refractivity contribution in [2.45, 2.75) is 57.0 Å². The first-order valence-electron chi connectivity index (χ1n) is 10.6. The lowest BCUT2D eigenvalue weighted by atomic mass is 10.0. The van der Waals surface area contributed by atoms with Crippen molar-refractivity contribution in [1.82, 2.24) is 14.4 Å². The van der Waals surface area contributed by atoms with Gasteiger partial charge in [-0.3, -0.25) is 0 Å². The lowest BCUT2D eigenvalue weighted by molar-refractivity contribution is -0.139. The number of piperidine rings is 2. The summed E-state index contributed by atoms with van der Waals surface area (Å²) < 4.78 is 45.8. The predicted molar refractivity (Wildman–Crippen MR) is 108 cm³/mol. The number of hydrogen-bond donors (Lipinski definition) is 0. The Kier molecular flexibility index (Phi) is 6.06. The molecule has 1 aromatic carbocycles.